The van der Waals surface area contributed by atoms with Gasteiger partial charge in [0, 0.05) is 0 Å². The van der Waals surface area contributed by atoms with Crippen LogP contribution in [0.25, 0.3) is 55.6 Å². The number of hydrogen-bond donors (Lipinski definition) is 0. The third-order valence-electron chi connectivity index (χ3n) is 9.93. The molecule has 0 aliphatic rings. The second kappa shape index (κ2) is 17.2. The fourth-order valence-corrected chi connectivity index (χ4v) is 7.33. The summed E-state index contributed by atoms with van der Waals surface area (Å²) in [6.07, 6.45) is 9.03. The van der Waals surface area contributed by atoms with Gasteiger partial charge in [-0.3, -0.25) is 0 Å². The Morgan fingerprint density at radius 1 is 0.380 bits per heavy atom. The van der Waals surface area contributed by atoms with Crippen LogP contribution in [0, 0.1) is 0 Å². The van der Waals surface area contributed by atoms with Crippen LogP contribution in [0.3, 0.4) is 0 Å². The van der Waals surface area contributed by atoms with Gasteiger partial charge in [-0.15, -0.1) is 0 Å². The molecule has 0 saturated heterocycles. The smallest absolute Gasteiger partial charge is 0.119 e. The highest BCUT2D eigenvalue weighted by Gasteiger charge is 2.28. The van der Waals surface area contributed by atoms with Crippen LogP contribution < -0.4 is 4.74 Å². The SMILES string of the molecule is CCCCCc1c(-c2ccc(OCC)cc2)c(-c2ccccc2)c(-c2ccc(CCCC)cc2)c(-c2ccc(CC)cc2)c1-c1ccccc1. The van der Waals surface area contributed by atoms with Crippen molar-refractivity contribution in [2.45, 2.75) is 79.1 Å². The molecule has 0 radical (unpaired) electrons. The summed E-state index contributed by atoms with van der Waals surface area (Å²) < 4.78 is 5.94. The van der Waals surface area contributed by atoms with Gasteiger partial charge in [-0.2, -0.15) is 0 Å². The van der Waals surface area contributed by atoms with Crippen LogP contribution in [0.5, 0.6) is 5.75 Å². The van der Waals surface area contributed by atoms with Gasteiger partial charge in [-0.25, -0.2) is 0 Å². The predicted molar refractivity (Wildman–Crippen MR) is 216 cm³/mol. The Kier molecular flexibility index (Phi) is 12.0. The van der Waals surface area contributed by atoms with Gasteiger partial charge in [0.15, 0.2) is 0 Å². The van der Waals surface area contributed by atoms with Gasteiger partial charge < -0.3 is 4.74 Å². The number of rotatable bonds is 15. The van der Waals surface area contributed by atoms with Crippen molar-refractivity contribution in [1.29, 1.82) is 0 Å². The highest BCUT2D eigenvalue weighted by Crippen LogP contribution is 2.53. The molecule has 6 aromatic carbocycles. The van der Waals surface area contributed by atoms with E-state index in [1.165, 1.54) is 98.0 Å². The third-order valence-corrected chi connectivity index (χ3v) is 9.93. The molecule has 0 saturated carbocycles. The van der Waals surface area contributed by atoms with Crippen molar-refractivity contribution < 1.29 is 4.74 Å². The van der Waals surface area contributed by atoms with Gasteiger partial charge in [0.1, 0.15) is 5.75 Å². The molecule has 50 heavy (non-hydrogen) atoms. The highest BCUT2D eigenvalue weighted by atomic mass is 16.5. The lowest BCUT2D eigenvalue weighted by molar-refractivity contribution is 0.340. The van der Waals surface area contributed by atoms with E-state index in [-0.39, 0.29) is 0 Å². The molecule has 6 aromatic rings. The molecule has 0 aromatic heterocycles. The van der Waals surface area contributed by atoms with Crippen molar-refractivity contribution in [3.05, 3.63) is 150 Å². The summed E-state index contributed by atoms with van der Waals surface area (Å²) >= 11 is 0. The van der Waals surface area contributed by atoms with E-state index < -0.39 is 0 Å². The van der Waals surface area contributed by atoms with Crippen molar-refractivity contribution in [3.63, 3.8) is 0 Å². The maximum absolute atomic E-state index is 5.94. The summed E-state index contributed by atoms with van der Waals surface area (Å²) in [4.78, 5) is 0. The van der Waals surface area contributed by atoms with E-state index in [1.54, 1.807) is 0 Å². The van der Waals surface area contributed by atoms with Crippen molar-refractivity contribution in [1.82, 2.24) is 0 Å². The molecule has 0 aliphatic carbocycles. The lowest BCUT2D eigenvalue weighted by Gasteiger charge is -2.29. The van der Waals surface area contributed by atoms with E-state index in [9.17, 15) is 0 Å². The van der Waals surface area contributed by atoms with E-state index in [0.29, 0.717) is 6.61 Å². The molecule has 0 heterocycles. The van der Waals surface area contributed by atoms with Gasteiger partial charge in [-0.1, -0.05) is 161 Å². The van der Waals surface area contributed by atoms with Gasteiger partial charge in [0.2, 0.25) is 0 Å². The summed E-state index contributed by atoms with van der Waals surface area (Å²) in [5, 5.41) is 0. The van der Waals surface area contributed by atoms with Crippen LogP contribution in [0.15, 0.2) is 133 Å². The van der Waals surface area contributed by atoms with Gasteiger partial charge in [0.25, 0.3) is 0 Å². The van der Waals surface area contributed by atoms with E-state index in [1.807, 2.05) is 6.92 Å². The van der Waals surface area contributed by atoms with Gasteiger partial charge in [-0.05, 0) is 123 Å². The molecule has 1 nitrogen and oxygen atoms in total. The Balaban J connectivity index is 1.81. The van der Waals surface area contributed by atoms with Crippen LogP contribution >= 0.6 is 0 Å². The minimum atomic E-state index is 0.652. The molecular weight excluding hydrogens is 605 g/mol. The summed E-state index contributed by atoms with van der Waals surface area (Å²) in [6, 6.07) is 49.9. The zero-order valence-corrected chi connectivity index (χ0v) is 30.5. The first-order valence-corrected chi connectivity index (χ1v) is 18.9. The summed E-state index contributed by atoms with van der Waals surface area (Å²) in [6.45, 7) is 9.51. The summed E-state index contributed by atoms with van der Waals surface area (Å²) in [5.74, 6) is 0.906. The zero-order valence-electron chi connectivity index (χ0n) is 30.5. The van der Waals surface area contributed by atoms with Crippen LogP contribution in [0.2, 0.25) is 0 Å². The molecule has 0 aliphatic heterocycles. The average molecular weight is 657 g/mol. The fourth-order valence-electron chi connectivity index (χ4n) is 7.33. The van der Waals surface area contributed by atoms with Crippen molar-refractivity contribution >= 4 is 0 Å². The monoisotopic (exact) mass is 656 g/mol. The molecule has 6 rings (SSSR count). The second-order valence-electron chi connectivity index (χ2n) is 13.4. The average Bonchev–Trinajstić information content (AvgIpc) is 3.18. The Bertz CT molecular complexity index is 1930. The number of hydrogen-bond acceptors (Lipinski definition) is 1. The predicted octanol–water partition coefficient (Wildman–Crippen LogP) is 14.1. The Hall–Kier alpha value is -4.88. The van der Waals surface area contributed by atoms with Gasteiger partial charge in [0.05, 0.1) is 6.61 Å². The maximum atomic E-state index is 5.94. The molecule has 0 bridgehead atoms. The third kappa shape index (κ3) is 7.79. The lowest BCUT2D eigenvalue weighted by atomic mass is 9.74. The van der Waals surface area contributed by atoms with Crippen molar-refractivity contribution in [2.75, 3.05) is 6.61 Å². The summed E-state index contributed by atoms with van der Waals surface area (Å²) in [5.41, 5.74) is 17.0. The molecule has 0 fully saturated rings. The summed E-state index contributed by atoms with van der Waals surface area (Å²) in [7, 11) is 0. The quantitative estimate of drug-likeness (QED) is 0.1000. The number of ether oxygens (including phenoxy) is 1. The number of aryl methyl sites for hydroxylation is 2. The molecular formula is C49H52O. The molecule has 0 atom stereocenters. The molecule has 254 valence electrons. The fraction of sp³-hybridized carbons (Fsp3) is 0.265. The van der Waals surface area contributed by atoms with Crippen molar-refractivity contribution in [2.24, 2.45) is 0 Å². The first-order chi connectivity index (χ1) is 24.7. The topological polar surface area (TPSA) is 9.23 Å². The Morgan fingerprint density at radius 2 is 0.820 bits per heavy atom. The normalized spacial score (nSPS) is 11.1. The molecule has 0 spiro atoms. The Morgan fingerprint density at radius 3 is 1.32 bits per heavy atom. The maximum Gasteiger partial charge on any atom is 0.119 e. The molecule has 0 amide bonds. The number of benzene rings is 6. The van der Waals surface area contributed by atoms with Crippen molar-refractivity contribution in [3.8, 4) is 61.4 Å². The van der Waals surface area contributed by atoms with E-state index >= 15 is 0 Å². The number of unbranched alkanes of at least 4 members (excludes halogenated alkanes) is 3. The Labute approximate surface area is 301 Å². The van der Waals surface area contributed by atoms with Crippen LogP contribution in [0.4, 0.5) is 0 Å². The van der Waals surface area contributed by atoms with E-state index in [0.717, 1.165) is 31.4 Å². The minimum Gasteiger partial charge on any atom is -0.494 e. The van der Waals surface area contributed by atoms with E-state index in [2.05, 4.69) is 154 Å². The minimum absolute atomic E-state index is 0.652. The first kappa shape index (κ1) is 35.0. The largest absolute Gasteiger partial charge is 0.494 e. The first-order valence-electron chi connectivity index (χ1n) is 18.9. The molecule has 0 unspecified atom stereocenters. The second-order valence-corrected chi connectivity index (χ2v) is 13.4. The van der Waals surface area contributed by atoms with Gasteiger partial charge >= 0.3 is 0 Å². The molecule has 0 N–H and O–H groups in total. The van der Waals surface area contributed by atoms with E-state index in [4.69, 9.17) is 4.74 Å². The zero-order chi connectivity index (χ0) is 34.7. The molecule has 1 heteroatoms. The van der Waals surface area contributed by atoms with Crippen LogP contribution in [0.1, 0.15) is 76.5 Å². The highest BCUT2D eigenvalue weighted by molar-refractivity contribution is 6.09. The lowest BCUT2D eigenvalue weighted by Crippen LogP contribution is -2.05. The van der Waals surface area contributed by atoms with Crippen LogP contribution in [-0.4, -0.2) is 6.61 Å². The standard InChI is InChI=1S/C49H52O/c1-5-9-13-23-44-45(38-19-14-11-15-20-38)48(41-28-24-36(7-3)25-29-41)49(42-30-26-37(27-31-42)18-10-6-2)47(39-21-16-12-17-22-39)46(44)40-32-34-43(35-33-40)50-8-4/h11-12,14-17,19-22,24-35H,5-10,13,18,23H2,1-4H3. The van der Waals surface area contributed by atoms with Crippen LogP contribution in [-0.2, 0) is 19.3 Å².